The number of rotatable bonds is 0. The highest BCUT2D eigenvalue weighted by Gasteiger charge is 2.58. The lowest BCUT2D eigenvalue weighted by Gasteiger charge is -2.58. The van der Waals surface area contributed by atoms with E-state index in [-0.39, 0.29) is 10.8 Å². The van der Waals surface area contributed by atoms with E-state index in [9.17, 15) is 0 Å². The third kappa shape index (κ3) is 1.13. The monoisotopic (exact) mass is 285 g/mol. The summed E-state index contributed by atoms with van der Waals surface area (Å²) >= 11 is 0. The van der Waals surface area contributed by atoms with Gasteiger partial charge in [0.05, 0.1) is 0 Å². The molecular formula is C21H19N. The van der Waals surface area contributed by atoms with Gasteiger partial charge in [0, 0.05) is 23.6 Å². The van der Waals surface area contributed by atoms with Gasteiger partial charge < -0.3 is 0 Å². The van der Waals surface area contributed by atoms with Crippen LogP contribution in [-0.2, 0) is 0 Å². The second-order valence-electron chi connectivity index (χ2n) is 7.05. The van der Waals surface area contributed by atoms with Crippen LogP contribution in [0.2, 0.25) is 0 Å². The Morgan fingerprint density at radius 1 is 0.864 bits per heavy atom. The van der Waals surface area contributed by atoms with Crippen LogP contribution in [0.5, 0.6) is 0 Å². The van der Waals surface area contributed by atoms with Gasteiger partial charge in [-0.25, -0.2) is 0 Å². The molecule has 0 amide bonds. The van der Waals surface area contributed by atoms with Gasteiger partial charge in [-0.1, -0.05) is 62.5 Å². The fourth-order valence-electron chi connectivity index (χ4n) is 5.03. The Balaban J connectivity index is 1.96. The summed E-state index contributed by atoms with van der Waals surface area (Å²) in [7, 11) is 0. The molecule has 1 heteroatoms. The van der Waals surface area contributed by atoms with Crippen molar-refractivity contribution >= 4 is 6.21 Å². The lowest BCUT2D eigenvalue weighted by molar-refractivity contribution is 0.242. The number of aliphatic imine (C=N–C) groups is 1. The molecule has 22 heavy (non-hydrogen) atoms. The van der Waals surface area contributed by atoms with Crippen molar-refractivity contribution in [3.05, 3.63) is 82.0 Å². The smallest absolute Gasteiger partial charge is 0.0430 e. The van der Waals surface area contributed by atoms with Gasteiger partial charge >= 0.3 is 0 Å². The highest BCUT2D eigenvalue weighted by atomic mass is 14.7. The van der Waals surface area contributed by atoms with Gasteiger partial charge in [-0.2, -0.15) is 0 Å². The van der Waals surface area contributed by atoms with Crippen molar-refractivity contribution in [1.29, 1.82) is 0 Å². The molecule has 5 aliphatic rings. The first kappa shape index (κ1) is 12.4. The van der Waals surface area contributed by atoms with Crippen LogP contribution in [0.25, 0.3) is 0 Å². The van der Waals surface area contributed by atoms with Crippen LogP contribution in [0, 0.1) is 10.8 Å². The van der Waals surface area contributed by atoms with Crippen LogP contribution >= 0.6 is 0 Å². The summed E-state index contributed by atoms with van der Waals surface area (Å²) in [5.41, 5.74) is 8.71. The maximum atomic E-state index is 4.58. The Morgan fingerprint density at radius 2 is 1.50 bits per heavy atom. The minimum atomic E-state index is 0.00458. The summed E-state index contributed by atoms with van der Waals surface area (Å²) in [5.74, 6) is 0. The zero-order valence-corrected chi connectivity index (χ0v) is 13.1. The van der Waals surface area contributed by atoms with Crippen LogP contribution in [0.15, 0.2) is 87.0 Å². The molecule has 1 heterocycles. The molecule has 0 bridgehead atoms. The average Bonchev–Trinajstić information content (AvgIpc) is 2.54. The molecule has 0 N–H and O–H groups in total. The second-order valence-corrected chi connectivity index (χ2v) is 7.05. The van der Waals surface area contributed by atoms with E-state index in [2.05, 4.69) is 73.7 Å². The molecule has 0 aromatic rings. The number of hydrogen-bond donors (Lipinski definition) is 0. The zero-order valence-electron chi connectivity index (χ0n) is 13.1. The van der Waals surface area contributed by atoms with Gasteiger partial charge in [0.2, 0.25) is 0 Å². The molecule has 108 valence electrons. The highest BCUT2D eigenvalue weighted by Crippen LogP contribution is 2.67. The van der Waals surface area contributed by atoms with Crippen molar-refractivity contribution in [3.63, 3.8) is 0 Å². The van der Waals surface area contributed by atoms with Gasteiger partial charge in [-0.15, -0.1) is 0 Å². The summed E-state index contributed by atoms with van der Waals surface area (Å²) < 4.78 is 0. The summed E-state index contributed by atoms with van der Waals surface area (Å²) in [5, 5.41) is 0. The average molecular weight is 285 g/mol. The molecule has 0 spiro atoms. The standard InChI is InChI=1S/C21H19N/c1-20-14-5-3-7-18(20)16-11-12-22-13-17(16)19-8-4-6-15(10-9-14)21(19,20)2/h3-10,13H,11-12H2,1-2H3/t20-,21-/m1/s1. The Labute approximate surface area is 131 Å². The van der Waals surface area contributed by atoms with Crippen molar-refractivity contribution in [2.75, 3.05) is 6.54 Å². The summed E-state index contributed by atoms with van der Waals surface area (Å²) in [6.45, 7) is 5.77. The van der Waals surface area contributed by atoms with Crippen molar-refractivity contribution in [2.45, 2.75) is 20.3 Å². The van der Waals surface area contributed by atoms with E-state index >= 15 is 0 Å². The van der Waals surface area contributed by atoms with Crippen LogP contribution in [-0.4, -0.2) is 12.8 Å². The summed E-state index contributed by atoms with van der Waals surface area (Å²) in [6, 6.07) is 0. The largest absolute Gasteiger partial charge is 0.292 e. The minimum absolute atomic E-state index is 0.00458. The van der Waals surface area contributed by atoms with Gasteiger partial charge in [-0.05, 0) is 39.9 Å². The highest BCUT2D eigenvalue weighted by molar-refractivity contribution is 5.92. The summed E-state index contributed by atoms with van der Waals surface area (Å²) in [4.78, 5) is 4.58. The van der Waals surface area contributed by atoms with Crippen LogP contribution in [0.1, 0.15) is 20.3 Å². The van der Waals surface area contributed by atoms with E-state index in [0.717, 1.165) is 13.0 Å². The lowest BCUT2D eigenvalue weighted by Crippen LogP contribution is -2.49. The minimum Gasteiger partial charge on any atom is -0.292 e. The molecule has 4 aliphatic carbocycles. The van der Waals surface area contributed by atoms with Crippen LogP contribution in [0.4, 0.5) is 0 Å². The van der Waals surface area contributed by atoms with E-state index in [0.29, 0.717) is 0 Å². The first-order valence-corrected chi connectivity index (χ1v) is 8.12. The molecule has 1 aliphatic heterocycles. The zero-order chi connectivity index (χ0) is 14.9. The van der Waals surface area contributed by atoms with Crippen molar-refractivity contribution in [3.8, 4) is 0 Å². The van der Waals surface area contributed by atoms with E-state index < -0.39 is 0 Å². The van der Waals surface area contributed by atoms with Crippen molar-refractivity contribution in [2.24, 2.45) is 15.8 Å². The molecule has 5 rings (SSSR count). The lowest BCUT2D eigenvalue weighted by atomic mass is 9.44. The van der Waals surface area contributed by atoms with E-state index in [1.807, 2.05) is 0 Å². The predicted molar refractivity (Wildman–Crippen MR) is 91.8 cm³/mol. The number of dihydropyridines is 1. The molecule has 0 fully saturated rings. The first-order valence-electron chi connectivity index (χ1n) is 8.12. The molecule has 2 atom stereocenters. The Bertz CT molecular complexity index is 850. The van der Waals surface area contributed by atoms with E-state index in [1.165, 1.54) is 33.4 Å². The molecular weight excluding hydrogens is 266 g/mol. The molecule has 0 radical (unpaired) electrons. The van der Waals surface area contributed by atoms with Crippen LogP contribution in [0.3, 0.4) is 0 Å². The molecule has 0 saturated heterocycles. The fourth-order valence-corrected chi connectivity index (χ4v) is 5.03. The number of allylic oxidation sites excluding steroid dienone is 13. The normalized spacial score (nSPS) is 37.0. The van der Waals surface area contributed by atoms with Gasteiger partial charge in [0.25, 0.3) is 0 Å². The number of hydrogen-bond acceptors (Lipinski definition) is 1. The van der Waals surface area contributed by atoms with Crippen molar-refractivity contribution in [1.82, 2.24) is 0 Å². The Kier molecular flexibility index (Phi) is 2.13. The quantitative estimate of drug-likeness (QED) is 0.614. The first-order chi connectivity index (χ1) is 10.7. The van der Waals surface area contributed by atoms with Gasteiger partial charge in [0.1, 0.15) is 0 Å². The van der Waals surface area contributed by atoms with Gasteiger partial charge in [-0.3, -0.25) is 4.99 Å². The maximum Gasteiger partial charge on any atom is 0.0430 e. The Hall–Kier alpha value is -2.15. The summed E-state index contributed by atoms with van der Waals surface area (Å²) in [6.07, 6.45) is 21.4. The third-order valence-electron chi connectivity index (χ3n) is 6.40. The van der Waals surface area contributed by atoms with Crippen molar-refractivity contribution < 1.29 is 0 Å². The third-order valence-corrected chi connectivity index (χ3v) is 6.40. The Morgan fingerprint density at radius 3 is 2.23 bits per heavy atom. The van der Waals surface area contributed by atoms with Crippen LogP contribution < -0.4 is 0 Å². The van der Waals surface area contributed by atoms with Gasteiger partial charge in [0.15, 0.2) is 0 Å². The van der Waals surface area contributed by atoms with E-state index in [4.69, 9.17) is 0 Å². The molecule has 0 aromatic carbocycles. The number of nitrogens with zero attached hydrogens (tertiary/aromatic N) is 1. The predicted octanol–water partition coefficient (Wildman–Crippen LogP) is 4.64. The maximum absolute atomic E-state index is 4.58. The fraction of sp³-hybridized carbons (Fsp3) is 0.286. The second kappa shape index (κ2) is 3.78. The number of fused-ring (bicyclic) bond motifs is 2. The molecule has 1 nitrogen and oxygen atoms in total. The SMILES string of the molecule is C[C@@]12C3=CC=C4C=CC=C(C5=C(C=NCC5)C1=CC=C3)[C@@]42C. The van der Waals surface area contributed by atoms with E-state index in [1.54, 1.807) is 0 Å². The topological polar surface area (TPSA) is 12.4 Å². The molecule has 0 aromatic heterocycles. The molecule has 0 unspecified atom stereocenters. The molecule has 0 saturated carbocycles.